The number of carbonyl (C=O) groups is 3. The molecule has 2 saturated heterocycles. The summed E-state index contributed by atoms with van der Waals surface area (Å²) >= 11 is 1.66. The Hall–Kier alpha value is -1.82. The second kappa shape index (κ2) is 5.37. The molecule has 1 spiro atoms. The number of Topliss-reactive ketones (excluding diaryl/α,β-unsaturated/α-hetero) is 1. The van der Waals surface area contributed by atoms with Gasteiger partial charge in [0, 0.05) is 11.3 Å². The molecule has 6 heteroatoms. The quantitative estimate of drug-likeness (QED) is 0.678. The van der Waals surface area contributed by atoms with Crippen molar-refractivity contribution in [2.24, 2.45) is 0 Å². The van der Waals surface area contributed by atoms with Gasteiger partial charge >= 0.3 is 6.03 Å². The minimum atomic E-state index is -0.778. The number of amides is 3. The number of nitrogens with one attached hydrogen (secondary N) is 1. The van der Waals surface area contributed by atoms with Crippen molar-refractivity contribution >= 4 is 29.5 Å². The number of urea groups is 1. The van der Waals surface area contributed by atoms with Crippen LogP contribution in [0.5, 0.6) is 0 Å². The molecule has 1 aromatic carbocycles. The van der Waals surface area contributed by atoms with Gasteiger partial charge in [-0.25, -0.2) is 4.79 Å². The van der Waals surface area contributed by atoms with E-state index in [1.807, 2.05) is 18.2 Å². The summed E-state index contributed by atoms with van der Waals surface area (Å²) in [4.78, 5) is 38.3. The van der Waals surface area contributed by atoms with E-state index >= 15 is 0 Å². The summed E-state index contributed by atoms with van der Waals surface area (Å²) in [6.45, 7) is -0.171. The van der Waals surface area contributed by atoms with Crippen LogP contribution in [-0.2, 0) is 17.6 Å². The number of aryl methyl sites for hydroxylation is 2. The molecular formula is C17H18N2O3S. The lowest BCUT2D eigenvalue weighted by Crippen LogP contribution is -2.47. The molecule has 1 aromatic rings. The Balaban J connectivity index is 1.52. The third kappa shape index (κ3) is 2.36. The average molecular weight is 330 g/mol. The molecule has 2 fully saturated rings. The van der Waals surface area contributed by atoms with E-state index in [0.717, 1.165) is 29.9 Å². The normalized spacial score (nSPS) is 26.0. The molecule has 0 aromatic heterocycles. The molecule has 23 heavy (non-hydrogen) atoms. The van der Waals surface area contributed by atoms with Crippen molar-refractivity contribution in [3.63, 3.8) is 0 Å². The summed E-state index contributed by atoms with van der Waals surface area (Å²) in [6.07, 6.45) is 3.84. The average Bonchev–Trinajstić information content (AvgIpc) is 3.24. The highest BCUT2D eigenvalue weighted by Gasteiger charge is 2.53. The fourth-order valence-corrected chi connectivity index (χ4v) is 4.96. The Morgan fingerprint density at radius 2 is 2.09 bits per heavy atom. The number of thioether (sulfide) groups is 1. The molecule has 1 N–H and O–H groups in total. The lowest BCUT2D eigenvalue weighted by atomic mass is 9.99. The van der Waals surface area contributed by atoms with Gasteiger partial charge in [-0.2, -0.15) is 11.8 Å². The van der Waals surface area contributed by atoms with E-state index in [1.54, 1.807) is 11.8 Å². The predicted octanol–water partition coefficient (Wildman–Crippen LogP) is 1.79. The standard InChI is InChI=1S/C17H18N2O3S/c20-14(13-5-4-11-2-1-3-12(11)8-13)9-19-15(21)17(18-16(19)22)6-7-23-10-17/h4-5,8H,1-3,6-7,9-10H2,(H,18,22)/t17-/m1/s1. The van der Waals surface area contributed by atoms with Gasteiger partial charge in [0.1, 0.15) is 5.54 Å². The van der Waals surface area contributed by atoms with Crippen LogP contribution in [0.15, 0.2) is 18.2 Å². The van der Waals surface area contributed by atoms with Crippen LogP contribution in [0.1, 0.15) is 34.3 Å². The number of benzene rings is 1. The highest BCUT2D eigenvalue weighted by atomic mass is 32.2. The van der Waals surface area contributed by atoms with Crippen LogP contribution in [0, 0.1) is 0 Å². The predicted molar refractivity (Wildman–Crippen MR) is 87.7 cm³/mol. The molecule has 5 nitrogen and oxygen atoms in total. The van der Waals surface area contributed by atoms with E-state index in [4.69, 9.17) is 0 Å². The monoisotopic (exact) mass is 330 g/mol. The van der Waals surface area contributed by atoms with Crippen molar-refractivity contribution in [3.8, 4) is 0 Å². The second-order valence-corrected chi connectivity index (χ2v) is 7.57. The van der Waals surface area contributed by atoms with E-state index in [-0.39, 0.29) is 18.2 Å². The summed E-state index contributed by atoms with van der Waals surface area (Å²) in [5.74, 6) is 1.03. The van der Waals surface area contributed by atoms with Crippen LogP contribution in [0.25, 0.3) is 0 Å². The number of nitrogens with zero attached hydrogens (tertiary/aromatic N) is 1. The van der Waals surface area contributed by atoms with Crippen molar-refractivity contribution < 1.29 is 14.4 Å². The van der Waals surface area contributed by atoms with Gasteiger partial charge in [0.05, 0.1) is 6.54 Å². The number of hydrogen-bond acceptors (Lipinski definition) is 4. The van der Waals surface area contributed by atoms with Crippen LogP contribution in [-0.4, -0.2) is 46.2 Å². The fraction of sp³-hybridized carbons (Fsp3) is 0.471. The molecule has 0 bridgehead atoms. The SMILES string of the molecule is O=C(CN1C(=O)N[C@@]2(CCSC2)C1=O)c1ccc2c(c1)CCC2. The third-order valence-electron chi connectivity index (χ3n) is 4.99. The highest BCUT2D eigenvalue weighted by Crippen LogP contribution is 2.33. The Morgan fingerprint density at radius 3 is 2.87 bits per heavy atom. The minimum absolute atomic E-state index is 0.171. The van der Waals surface area contributed by atoms with Gasteiger partial charge in [0.15, 0.2) is 5.78 Å². The molecule has 120 valence electrons. The number of hydrogen-bond donors (Lipinski definition) is 1. The molecule has 3 aliphatic rings. The van der Waals surface area contributed by atoms with Gasteiger partial charge < -0.3 is 5.32 Å². The molecule has 2 heterocycles. The summed E-state index contributed by atoms with van der Waals surface area (Å²) in [7, 11) is 0. The molecule has 1 atom stereocenters. The topological polar surface area (TPSA) is 66.5 Å². The number of fused-ring (bicyclic) bond motifs is 1. The van der Waals surface area contributed by atoms with E-state index in [0.29, 0.717) is 17.7 Å². The largest absolute Gasteiger partial charge is 0.325 e. The van der Waals surface area contributed by atoms with Crippen molar-refractivity contribution in [2.75, 3.05) is 18.1 Å². The van der Waals surface area contributed by atoms with Crippen LogP contribution in [0.3, 0.4) is 0 Å². The minimum Gasteiger partial charge on any atom is -0.322 e. The van der Waals surface area contributed by atoms with Gasteiger partial charge in [-0.3, -0.25) is 14.5 Å². The number of ketones is 1. The van der Waals surface area contributed by atoms with Crippen LogP contribution >= 0.6 is 11.8 Å². The van der Waals surface area contributed by atoms with Crippen LogP contribution in [0.2, 0.25) is 0 Å². The Morgan fingerprint density at radius 1 is 1.26 bits per heavy atom. The molecule has 0 radical (unpaired) electrons. The highest BCUT2D eigenvalue weighted by molar-refractivity contribution is 7.99. The van der Waals surface area contributed by atoms with Crippen molar-refractivity contribution in [3.05, 3.63) is 34.9 Å². The summed E-state index contributed by atoms with van der Waals surface area (Å²) < 4.78 is 0. The Labute approximate surface area is 138 Å². The second-order valence-electron chi connectivity index (χ2n) is 6.47. The van der Waals surface area contributed by atoms with E-state index in [9.17, 15) is 14.4 Å². The first kappa shape index (κ1) is 14.8. The number of rotatable bonds is 3. The van der Waals surface area contributed by atoms with E-state index in [1.165, 1.54) is 11.1 Å². The number of imide groups is 1. The molecule has 0 saturated carbocycles. The lowest BCUT2D eigenvalue weighted by Gasteiger charge is -2.19. The lowest BCUT2D eigenvalue weighted by molar-refractivity contribution is -0.130. The van der Waals surface area contributed by atoms with E-state index in [2.05, 4.69) is 5.32 Å². The molecule has 2 aliphatic heterocycles. The van der Waals surface area contributed by atoms with E-state index < -0.39 is 11.6 Å². The maximum Gasteiger partial charge on any atom is 0.325 e. The zero-order valence-electron chi connectivity index (χ0n) is 12.8. The van der Waals surface area contributed by atoms with Crippen LogP contribution < -0.4 is 5.32 Å². The summed E-state index contributed by atoms with van der Waals surface area (Å²) in [6, 6.07) is 5.29. The molecule has 1 aliphatic carbocycles. The molecule has 3 amide bonds. The summed E-state index contributed by atoms with van der Waals surface area (Å²) in [5.41, 5.74) is 2.34. The molecule has 4 rings (SSSR count). The maximum absolute atomic E-state index is 12.6. The number of carbonyl (C=O) groups excluding carboxylic acids is 3. The smallest absolute Gasteiger partial charge is 0.322 e. The molecule has 0 unspecified atom stereocenters. The maximum atomic E-state index is 12.6. The van der Waals surface area contributed by atoms with Gasteiger partial charge in [-0.15, -0.1) is 0 Å². The Bertz CT molecular complexity index is 710. The zero-order valence-corrected chi connectivity index (χ0v) is 13.6. The first-order chi connectivity index (χ1) is 11.1. The zero-order chi connectivity index (χ0) is 16.0. The summed E-state index contributed by atoms with van der Waals surface area (Å²) in [5, 5.41) is 2.79. The third-order valence-corrected chi connectivity index (χ3v) is 6.18. The first-order valence-electron chi connectivity index (χ1n) is 7.96. The van der Waals surface area contributed by atoms with Gasteiger partial charge in [-0.1, -0.05) is 12.1 Å². The fourth-order valence-electron chi connectivity index (χ4n) is 3.63. The van der Waals surface area contributed by atoms with Crippen molar-refractivity contribution in [1.29, 1.82) is 0 Å². The first-order valence-corrected chi connectivity index (χ1v) is 9.11. The van der Waals surface area contributed by atoms with Crippen LogP contribution in [0.4, 0.5) is 4.79 Å². The van der Waals surface area contributed by atoms with Crippen molar-refractivity contribution in [1.82, 2.24) is 10.2 Å². The Kier molecular flexibility index (Phi) is 3.44. The van der Waals surface area contributed by atoms with Crippen molar-refractivity contribution in [2.45, 2.75) is 31.2 Å². The van der Waals surface area contributed by atoms with Gasteiger partial charge in [-0.05, 0) is 48.6 Å². The van der Waals surface area contributed by atoms with Gasteiger partial charge in [0.2, 0.25) is 0 Å². The van der Waals surface area contributed by atoms with Gasteiger partial charge in [0.25, 0.3) is 5.91 Å². The molecular weight excluding hydrogens is 312 g/mol.